The molecule has 3 amide bonds. The summed E-state index contributed by atoms with van der Waals surface area (Å²) in [5.74, 6) is -1.19. The lowest BCUT2D eigenvalue weighted by molar-refractivity contribution is -0.117. The van der Waals surface area contributed by atoms with Crippen LogP contribution in [0.25, 0.3) is 16.8 Å². The average molecular weight is 387 g/mol. The standard InChI is InChI=1S/C23H21N3O3/c24-21(27)15-26-23(29)19-10-8-16(9-11-19)14-25-22(28)13-12-18-6-3-5-17-4-1-2-7-20(17)18/h1-13H,14-15H2,(H2,24,27)(H,25,28)(H,26,29)/b13-12+. The van der Waals surface area contributed by atoms with Gasteiger partial charge in [-0.3, -0.25) is 14.4 Å². The number of benzene rings is 3. The Morgan fingerprint density at radius 1 is 0.862 bits per heavy atom. The van der Waals surface area contributed by atoms with Gasteiger partial charge in [-0.2, -0.15) is 0 Å². The zero-order chi connectivity index (χ0) is 20.6. The minimum Gasteiger partial charge on any atom is -0.368 e. The van der Waals surface area contributed by atoms with Crippen LogP contribution in [0.3, 0.4) is 0 Å². The number of nitrogens with two attached hydrogens (primary N) is 1. The summed E-state index contributed by atoms with van der Waals surface area (Å²) in [6.45, 7) is 0.127. The number of primary amides is 1. The minimum atomic E-state index is -0.603. The van der Waals surface area contributed by atoms with Gasteiger partial charge in [-0.15, -0.1) is 0 Å². The predicted octanol–water partition coefficient (Wildman–Crippen LogP) is 2.38. The van der Waals surface area contributed by atoms with Crippen LogP contribution in [-0.4, -0.2) is 24.3 Å². The monoisotopic (exact) mass is 387 g/mol. The highest BCUT2D eigenvalue weighted by Gasteiger charge is 2.06. The Balaban J connectivity index is 1.56. The van der Waals surface area contributed by atoms with Gasteiger partial charge in [0.25, 0.3) is 5.91 Å². The van der Waals surface area contributed by atoms with Crippen LogP contribution in [0, 0.1) is 0 Å². The maximum absolute atomic E-state index is 12.1. The number of nitrogens with one attached hydrogen (secondary N) is 2. The van der Waals surface area contributed by atoms with Crippen molar-refractivity contribution in [3.63, 3.8) is 0 Å². The van der Waals surface area contributed by atoms with Crippen LogP contribution in [-0.2, 0) is 16.1 Å². The molecule has 6 nitrogen and oxygen atoms in total. The van der Waals surface area contributed by atoms with E-state index in [1.807, 2.05) is 42.5 Å². The van der Waals surface area contributed by atoms with Crippen molar-refractivity contribution in [3.8, 4) is 0 Å². The van der Waals surface area contributed by atoms with Crippen LogP contribution >= 0.6 is 0 Å². The van der Waals surface area contributed by atoms with Crippen LogP contribution in [0.15, 0.2) is 72.8 Å². The number of rotatable bonds is 7. The SMILES string of the molecule is NC(=O)CNC(=O)c1ccc(CNC(=O)/C=C/c2cccc3ccccc23)cc1. The molecule has 146 valence electrons. The van der Waals surface area contributed by atoms with Crippen LogP contribution in [0.2, 0.25) is 0 Å². The van der Waals surface area contributed by atoms with E-state index < -0.39 is 5.91 Å². The van der Waals surface area contributed by atoms with Gasteiger partial charge < -0.3 is 16.4 Å². The summed E-state index contributed by atoms with van der Waals surface area (Å²) in [4.78, 5) is 34.7. The molecule has 0 saturated carbocycles. The molecule has 0 bridgehead atoms. The fraction of sp³-hybridized carbons (Fsp3) is 0.0870. The zero-order valence-corrected chi connectivity index (χ0v) is 15.7. The highest BCUT2D eigenvalue weighted by Crippen LogP contribution is 2.19. The van der Waals surface area contributed by atoms with Gasteiger partial charge in [0.15, 0.2) is 0 Å². The highest BCUT2D eigenvalue weighted by molar-refractivity contribution is 5.97. The molecule has 0 heterocycles. The smallest absolute Gasteiger partial charge is 0.251 e. The lowest BCUT2D eigenvalue weighted by atomic mass is 10.0. The third-order valence-corrected chi connectivity index (χ3v) is 4.34. The van der Waals surface area contributed by atoms with E-state index in [4.69, 9.17) is 5.73 Å². The maximum Gasteiger partial charge on any atom is 0.251 e. The fourth-order valence-corrected chi connectivity index (χ4v) is 2.85. The van der Waals surface area contributed by atoms with E-state index in [1.165, 1.54) is 6.08 Å². The van der Waals surface area contributed by atoms with E-state index in [0.29, 0.717) is 12.1 Å². The van der Waals surface area contributed by atoms with Gasteiger partial charge in [0.1, 0.15) is 0 Å². The number of carbonyl (C=O) groups is 3. The summed E-state index contributed by atoms with van der Waals surface area (Å²) < 4.78 is 0. The van der Waals surface area contributed by atoms with Gasteiger partial charge in [-0.1, -0.05) is 54.6 Å². The Bertz CT molecular complexity index is 1070. The van der Waals surface area contributed by atoms with Crippen molar-refractivity contribution in [3.05, 3.63) is 89.5 Å². The van der Waals surface area contributed by atoms with Gasteiger partial charge in [-0.05, 0) is 40.1 Å². The number of hydrogen-bond acceptors (Lipinski definition) is 3. The first-order chi connectivity index (χ1) is 14.0. The molecular weight excluding hydrogens is 366 g/mol. The molecule has 6 heteroatoms. The zero-order valence-electron chi connectivity index (χ0n) is 15.7. The van der Waals surface area contributed by atoms with Crippen LogP contribution in [0.4, 0.5) is 0 Å². The number of fused-ring (bicyclic) bond motifs is 1. The lowest BCUT2D eigenvalue weighted by Crippen LogP contribution is -2.33. The van der Waals surface area contributed by atoms with E-state index in [0.717, 1.165) is 21.9 Å². The van der Waals surface area contributed by atoms with Crippen molar-refractivity contribution in [1.82, 2.24) is 10.6 Å². The van der Waals surface area contributed by atoms with Crippen molar-refractivity contribution in [2.75, 3.05) is 6.54 Å². The van der Waals surface area contributed by atoms with Crippen molar-refractivity contribution in [1.29, 1.82) is 0 Å². The number of hydrogen-bond donors (Lipinski definition) is 3. The van der Waals surface area contributed by atoms with E-state index >= 15 is 0 Å². The first-order valence-electron chi connectivity index (χ1n) is 9.12. The Kier molecular flexibility index (Phi) is 6.37. The first-order valence-corrected chi connectivity index (χ1v) is 9.12. The first kappa shape index (κ1) is 19.8. The van der Waals surface area contributed by atoms with Crippen LogP contribution in [0.1, 0.15) is 21.5 Å². The van der Waals surface area contributed by atoms with E-state index in [-0.39, 0.29) is 18.4 Å². The molecule has 0 aliphatic heterocycles. The Hall–Kier alpha value is -3.93. The topological polar surface area (TPSA) is 101 Å². The summed E-state index contributed by atoms with van der Waals surface area (Å²) in [6, 6.07) is 20.7. The summed E-state index contributed by atoms with van der Waals surface area (Å²) >= 11 is 0. The van der Waals surface area contributed by atoms with Crippen molar-refractivity contribution in [2.24, 2.45) is 5.73 Å². The molecule has 29 heavy (non-hydrogen) atoms. The third kappa shape index (κ3) is 5.52. The molecule has 0 unspecified atom stereocenters. The van der Waals surface area contributed by atoms with E-state index in [2.05, 4.69) is 10.6 Å². The molecule has 3 aromatic rings. The highest BCUT2D eigenvalue weighted by atomic mass is 16.2. The Morgan fingerprint density at radius 2 is 1.59 bits per heavy atom. The van der Waals surface area contributed by atoms with E-state index in [9.17, 15) is 14.4 Å². The van der Waals surface area contributed by atoms with Crippen LogP contribution < -0.4 is 16.4 Å². The minimum absolute atomic E-state index is 0.207. The van der Waals surface area contributed by atoms with Gasteiger partial charge in [-0.25, -0.2) is 0 Å². The number of carbonyl (C=O) groups excluding carboxylic acids is 3. The molecule has 4 N–H and O–H groups in total. The lowest BCUT2D eigenvalue weighted by Gasteiger charge is -2.06. The summed E-state index contributed by atoms with van der Waals surface area (Å²) in [6.07, 6.45) is 3.30. The fourth-order valence-electron chi connectivity index (χ4n) is 2.85. The Labute approximate surface area is 168 Å². The third-order valence-electron chi connectivity index (χ3n) is 4.34. The maximum atomic E-state index is 12.1. The second-order valence-corrected chi connectivity index (χ2v) is 6.47. The van der Waals surface area contributed by atoms with Crippen molar-refractivity contribution < 1.29 is 14.4 Å². The summed E-state index contributed by atoms with van der Waals surface area (Å²) in [5.41, 5.74) is 7.24. The second-order valence-electron chi connectivity index (χ2n) is 6.47. The van der Waals surface area contributed by atoms with Crippen LogP contribution in [0.5, 0.6) is 0 Å². The molecule has 0 aliphatic rings. The molecule has 3 aromatic carbocycles. The molecule has 3 rings (SSSR count). The summed E-state index contributed by atoms with van der Waals surface area (Å²) in [7, 11) is 0. The van der Waals surface area contributed by atoms with Crippen molar-refractivity contribution >= 4 is 34.6 Å². The predicted molar refractivity (Wildman–Crippen MR) is 113 cm³/mol. The molecule has 0 saturated heterocycles. The van der Waals surface area contributed by atoms with Crippen molar-refractivity contribution in [2.45, 2.75) is 6.54 Å². The van der Waals surface area contributed by atoms with Gasteiger partial charge in [0.2, 0.25) is 11.8 Å². The second kappa shape index (κ2) is 9.32. The molecule has 0 atom stereocenters. The van der Waals surface area contributed by atoms with Gasteiger partial charge >= 0.3 is 0 Å². The van der Waals surface area contributed by atoms with Gasteiger partial charge in [0.05, 0.1) is 6.54 Å². The number of amides is 3. The molecule has 0 aromatic heterocycles. The molecule has 0 fully saturated rings. The largest absolute Gasteiger partial charge is 0.368 e. The Morgan fingerprint density at radius 3 is 2.34 bits per heavy atom. The van der Waals surface area contributed by atoms with E-state index in [1.54, 1.807) is 30.3 Å². The molecular formula is C23H21N3O3. The van der Waals surface area contributed by atoms with Gasteiger partial charge in [0, 0.05) is 18.2 Å². The molecule has 0 spiro atoms. The summed E-state index contributed by atoms with van der Waals surface area (Å²) in [5, 5.41) is 7.45. The normalized spacial score (nSPS) is 10.8. The molecule has 0 aliphatic carbocycles. The average Bonchev–Trinajstić information content (AvgIpc) is 2.74. The molecule has 0 radical (unpaired) electrons. The quantitative estimate of drug-likeness (QED) is 0.543.